The number of amides is 1. The molecule has 1 heterocycles. The first-order chi connectivity index (χ1) is 9.06. The summed E-state index contributed by atoms with van der Waals surface area (Å²) in [6.07, 6.45) is 0.845. The van der Waals surface area contributed by atoms with Crippen molar-refractivity contribution >= 4 is 44.8 Å². The molecule has 1 N–H and O–H groups in total. The van der Waals surface area contributed by atoms with Gasteiger partial charge in [0, 0.05) is 27.4 Å². The van der Waals surface area contributed by atoms with Crippen LogP contribution in [0.5, 0.6) is 0 Å². The van der Waals surface area contributed by atoms with Crippen molar-refractivity contribution in [1.29, 1.82) is 0 Å². The van der Waals surface area contributed by atoms with Crippen LogP contribution in [0, 0.1) is 0 Å². The lowest BCUT2D eigenvalue weighted by Gasteiger charge is -2.13. The molecule has 2 aromatic rings. The lowest BCUT2D eigenvalue weighted by molar-refractivity contribution is 0.0940. The second-order valence-corrected chi connectivity index (χ2v) is 6.58. The number of benzene rings is 1. The Labute approximate surface area is 129 Å². The number of carbonyl (C=O) groups excluding carboxylic acids is 1. The Morgan fingerprint density at radius 2 is 2.26 bits per heavy atom. The van der Waals surface area contributed by atoms with Crippen molar-refractivity contribution in [3.05, 3.63) is 55.6 Å². The predicted octanol–water partition coefficient (Wildman–Crippen LogP) is 4.53. The van der Waals surface area contributed by atoms with Gasteiger partial charge in [-0.2, -0.15) is 0 Å². The third kappa shape index (κ3) is 4.06. The van der Waals surface area contributed by atoms with Gasteiger partial charge in [-0.15, -0.1) is 11.3 Å². The molecule has 0 spiro atoms. The maximum atomic E-state index is 12.1. The van der Waals surface area contributed by atoms with Crippen LogP contribution < -0.4 is 5.32 Å². The highest BCUT2D eigenvalue weighted by Crippen LogP contribution is 2.23. The van der Waals surface area contributed by atoms with Gasteiger partial charge in [-0.05, 0) is 52.5 Å². The molecule has 1 amide bonds. The first kappa shape index (κ1) is 14.6. The number of nitrogens with one attached hydrogen (secondary N) is 1. The van der Waals surface area contributed by atoms with E-state index in [4.69, 9.17) is 11.6 Å². The molecule has 0 aliphatic rings. The minimum absolute atomic E-state index is 0.0820. The molecule has 0 bridgehead atoms. The normalized spacial score (nSPS) is 12.2. The molecule has 2 nitrogen and oxygen atoms in total. The van der Waals surface area contributed by atoms with E-state index < -0.39 is 0 Å². The molecule has 0 saturated carbocycles. The van der Waals surface area contributed by atoms with Gasteiger partial charge in [0.1, 0.15) is 0 Å². The van der Waals surface area contributed by atoms with Crippen molar-refractivity contribution in [2.24, 2.45) is 0 Å². The molecule has 19 heavy (non-hydrogen) atoms. The smallest absolute Gasteiger partial charge is 0.251 e. The predicted molar refractivity (Wildman–Crippen MR) is 84.1 cm³/mol. The molecule has 100 valence electrons. The number of hydrogen-bond acceptors (Lipinski definition) is 2. The average Bonchev–Trinajstić information content (AvgIpc) is 2.85. The largest absolute Gasteiger partial charge is 0.349 e. The minimum Gasteiger partial charge on any atom is -0.349 e. The van der Waals surface area contributed by atoms with Gasteiger partial charge in [0.05, 0.1) is 5.02 Å². The Bertz CT molecular complexity index is 571. The minimum atomic E-state index is -0.0820. The summed E-state index contributed by atoms with van der Waals surface area (Å²) in [5.74, 6) is -0.0820. The maximum Gasteiger partial charge on any atom is 0.251 e. The molecule has 0 saturated heterocycles. The Hall–Kier alpha value is -0.840. The van der Waals surface area contributed by atoms with E-state index in [-0.39, 0.29) is 11.9 Å². The fourth-order valence-electron chi connectivity index (χ4n) is 1.73. The van der Waals surface area contributed by atoms with Crippen LogP contribution in [0.15, 0.2) is 40.2 Å². The molecule has 0 fully saturated rings. The van der Waals surface area contributed by atoms with Gasteiger partial charge >= 0.3 is 0 Å². The molecule has 1 atom stereocenters. The molecule has 1 aromatic carbocycles. The van der Waals surface area contributed by atoms with Crippen molar-refractivity contribution in [2.75, 3.05) is 0 Å². The third-order valence-electron chi connectivity index (χ3n) is 2.65. The molecular weight excluding hydrogens is 346 g/mol. The van der Waals surface area contributed by atoms with Crippen molar-refractivity contribution in [2.45, 2.75) is 19.4 Å². The van der Waals surface area contributed by atoms with E-state index in [9.17, 15) is 4.79 Å². The van der Waals surface area contributed by atoms with Gasteiger partial charge < -0.3 is 5.32 Å². The highest BCUT2D eigenvalue weighted by Gasteiger charge is 2.11. The number of halogens is 2. The highest BCUT2D eigenvalue weighted by molar-refractivity contribution is 9.10. The van der Waals surface area contributed by atoms with Crippen molar-refractivity contribution in [3.8, 4) is 0 Å². The summed E-state index contributed by atoms with van der Waals surface area (Å²) >= 11 is 10.9. The molecule has 0 aliphatic heterocycles. The summed E-state index contributed by atoms with van der Waals surface area (Å²) in [5, 5.41) is 5.63. The van der Waals surface area contributed by atoms with E-state index >= 15 is 0 Å². The fourth-order valence-corrected chi connectivity index (χ4v) is 3.06. The Kier molecular flexibility index (Phi) is 5.02. The van der Waals surface area contributed by atoms with Crippen LogP contribution in [-0.2, 0) is 6.42 Å². The number of hydrogen-bond donors (Lipinski definition) is 1. The van der Waals surface area contributed by atoms with Gasteiger partial charge in [-0.3, -0.25) is 4.79 Å². The van der Waals surface area contributed by atoms with Crippen LogP contribution in [0.2, 0.25) is 5.02 Å². The molecule has 0 aliphatic carbocycles. The van der Waals surface area contributed by atoms with E-state index in [0.29, 0.717) is 10.6 Å². The van der Waals surface area contributed by atoms with Crippen molar-refractivity contribution < 1.29 is 4.79 Å². The first-order valence-electron chi connectivity index (χ1n) is 5.84. The SMILES string of the molecule is CC(Cc1cccs1)NC(=O)c1ccc(Cl)c(Br)c1. The molecule has 0 radical (unpaired) electrons. The van der Waals surface area contributed by atoms with Crippen LogP contribution in [0.3, 0.4) is 0 Å². The monoisotopic (exact) mass is 357 g/mol. The Balaban J connectivity index is 1.98. The van der Waals surface area contributed by atoms with E-state index in [1.165, 1.54) is 4.88 Å². The first-order valence-corrected chi connectivity index (χ1v) is 7.89. The Morgan fingerprint density at radius 1 is 1.47 bits per heavy atom. The lowest BCUT2D eigenvalue weighted by atomic mass is 10.1. The highest BCUT2D eigenvalue weighted by atomic mass is 79.9. The zero-order valence-electron chi connectivity index (χ0n) is 10.3. The number of rotatable bonds is 4. The second kappa shape index (κ2) is 6.55. The third-order valence-corrected chi connectivity index (χ3v) is 4.76. The quantitative estimate of drug-likeness (QED) is 0.855. The van der Waals surface area contributed by atoms with Crippen LogP contribution in [-0.4, -0.2) is 11.9 Å². The van der Waals surface area contributed by atoms with Crippen molar-refractivity contribution in [3.63, 3.8) is 0 Å². The molecule has 1 unspecified atom stereocenters. The molecule has 2 rings (SSSR count). The zero-order valence-corrected chi connectivity index (χ0v) is 13.5. The van der Waals surface area contributed by atoms with Gasteiger partial charge in [0.15, 0.2) is 0 Å². The van der Waals surface area contributed by atoms with Crippen LogP contribution in [0.25, 0.3) is 0 Å². The van der Waals surface area contributed by atoms with Crippen LogP contribution in [0.1, 0.15) is 22.2 Å². The number of carbonyl (C=O) groups is 1. The summed E-state index contributed by atoms with van der Waals surface area (Å²) in [5.41, 5.74) is 0.606. The fraction of sp³-hybridized carbons (Fsp3) is 0.214. The summed E-state index contributed by atoms with van der Waals surface area (Å²) in [6, 6.07) is 9.36. The van der Waals surface area contributed by atoms with Crippen LogP contribution in [0.4, 0.5) is 0 Å². The number of thiophene rings is 1. The van der Waals surface area contributed by atoms with Gasteiger partial charge in [-0.1, -0.05) is 17.7 Å². The maximum absolute atomic E-state index is 12.1. The van der Waals surface area contributed by atoms with Crippen LogP contribution >= 0.6 is 38.9 Å². The Morgan fingerprint density at radius 3 is 2.89 bits per heavy atom. The van der Waals surface area contributed by atoms with E-state index in [2.05, 4.69) is 27.3 Å². The summed E-state index contributed by atoms with van der Waals surface area (Å²) in [6.45, 7) is 2.00. The molecular formula is C14H13BrClNOS. The van der Waals surface area contributed by atoms with Gasteiger partial charge in [0.25, 0.3) is 5.91 Å². The van der Waals surface area contributed by atoms with E-state index in [1.807, 2.05) is 18.4 Å². The van der Waals surface area contributed by atoms with Gasteiger partial charge in [0.2, 0.25) is 0 Å². The zero-order chi connectivity index (χ0) is 13.8. The summed E-state index contributed by atoms with van der Waals surface area (Å²) in [7, 11) is 0. The average molecular weight is 359 g/mol. The van der Waals surface area contributed by atoms with E-state index in [0.717, 1.165) is 10.9 Å². The second-order valence-electron chi connectivity index (χ2n) is 4.29. The molecule has 1 aromatic heterocycles. The van der Waals surface area contributed by atoms with Crippen molar-refractivity contribution in [1.82, 2.24) is 5.32 Å². The molecule has 5 heteroatoms. The standard InChI is InChI=1S/C14H13BrClNOS/c1-9(7-11-3-2-6-19-11)17-14(18)10-4-5-13(16)12(15)8-10/h2-6,8-9H,7H2,1H3,(H,17,18). The lowest BCUT2D eigenvalue weighted by Crippen LogP contribution is -2.33. The summed E-state index contributed by atoms with van der Waals surface area (Å²) < 4.78 is 0.729. The van der Waals surface area contributed by atoms with Gasteiger partial charge in [-0.25, -0.2) is 0 Å². The van der Waals surface area contributed by atoms with E-state index in [1.54, 1.807) is 29.5 Å². The topological polar surface area (TPSA) is 29.1 Å². The summed E-state index contributed by atoms with van der Waals surface area (Å²) in [4.78, 5) is 13.3.